The second-order valence-corrected chi connectivity index (χ2v) is 9.06. The number of rotatable bonds is 6. The van der Waals surface area contributed by atoms with Crippen molar-refractivity contribution in [3.8, 4) is 0 Å². The van der Waals surface area contributed by atoms with E-state index in [0.717, 1.165) is 12.1 Å². The molecule has 1 aromatic heterocycles. The number of aromatic nitrogens is 2. The number of halogens is 7. The van der Waals surface area contributed by atoms with Gasteiger partial charge in [-0.05, 0) is 49.5 Å². The molecule has 0 spiro atoms. The minimum Gasteiger partial charge on any atom is -0.475 e. The summed E-state index contributed by atoms with van der Waals surface area (Å²) in [6.45, 7) is 0. The van der Waals surface area contributed by atoms with Crippen LogP contribution in [0.4, 0.5) is 49.4 Å². The van der Waals surface area contributed by atoms with Gasteiger partial charge in [0.25, 0.3) is 0 Å². The third-order valence-corrected chi connectivity index (χ3v) is 5.92. The van der Waals surface area contributed by atoms with E-state index < -0.39 is 33.9 Å². The van der Waals surface area contributed by atoms with Gasteiger partial charge in [-0.15, -0.1) is 0 Å². The van der Waals surface area contributed by atoms with Crippen LogP contribution in [0.2, 0.25) is 5.02 Å². The van der Waals surface area contributed by atoms with Gasteiger partial charge in [0, 0.05) is 11.8 Å². The predicted octanol–water partition coefficient (Wildman–Crippen LogP) is 5.18. The topological polar surface area (TPSA) is 133 Å². The molecule has 0 saturated carbocycles. The Morgan fingerprint density at radius 3 is 1.95 bits per heavy atom. The van der Waals surface area contributed by atoms with Gasteiger partial charge in [-0.2, -0.15) is 26.3 Å². The molecule has 0 aliphatic rings. The number of carboxylic acid groups (broad SMARTS) is 1. The van der Waals surface area contributed by atoms with Gasteiger partial charge >= 0.3 is 18.3 Å². The smallest absolute Gasteiger partial charge is 0.475 e. The van der Waals surface area contributed by atoms with Gasteiger partial charge in [0.15, 0.2) is 0 Å². The Morgan fingerprint density at radius 1 is 0.919 bits per heavy atom. The molecule has 0 aliphatic heterocycles. The maximum atomic E-state index is 12.7. The van der Waals surface area contributed by atoms with E-state index in [2.05, 4.69) is 25.3 Å². The molecule has 0 aliphatic carbocycles. The Labute approximate surface area is 210 Å². The van der Waals surface area contributed by atoms with Crippen LogP contribution >= 0.6 is 11.6 Å². The number of nitrogens with zero attached hydrogens (tertiary/aromatic N) is 2. The van der Waals surface area contributed by atoms with Crippen LogP contribution in [0.5, 0.6) is 0 Å². The molecule has 0 amide bonds. The van der Waals surface area contributed by atoms with Crippen molar-refractivity contribution in [3.63, 3.8) is 0 Å². The quantitative estimate of drug-likeness (QED) is 0.298. The van der Waals surface area contributed by atoms with Gasteiger partial charge in [-0.3, -0.25) is 0 Å². The Hall–Kier alpha value is -3.63. The van der Waals surface area contributed by atoms with Crippen molar-refractivity contribution in [1.29, 1.82) is 0 Å². The highest BCUT2D eigenvalue weighted by atomic mass is 35.5. The highest BCUT2D eigenvalue weighted by Gasteiger charge is 2.38. The Kier molecular flexibility index (Phi) is 9.29. The normalized spacial score (nSPS) is 11.8. The van der Waals surface area contributed by atoms with E-state index in [1.165, 1.54) is 49.8 Å². The number of carboxylic acids is 1. The van der Waals surface area contributed by atoms with Gasteiger partial charge in [0.2, 0.25) is 10.0 Å². The first kappa shape index (κ1) is 29.6. The van der Waals surface area contributed by atoms with Gasteiger partial charge in [-0.1, -0.05) is 11.6 Å². The van der Waals surface area contributed by atoms with Gasteiger partial charge in [0.05, 0.1) is 21.2 Å². The SMILES string of the molecule is CNS(=O)(=O)c1ccc(Cl)c(Nc2cc(Nc3ccc(C(F)(F)F)cc3)ncn2)c1.O=C(O)C(F)(F)F. The Bertz CT molecular complexity index is 1350. The second-order valence-electron chi connectivity index (χ2n) is 6.77. The number of sulfonamides is 1. The van der Waals surface area contributed by atoms with E-state index in [4.69, 9.17) is 21.5 Å². The van der Waals surface area contributed by atoms with E-state index in [0.29, 0.717) is 23.0 Å². The van der Waals surface area contributed by atoms with Crippen molar-refractivity contribution < 1.29 is 44.7 Å². The van der Waals surface area contributed by atoms with Crippen molar-refractivity contribution in [2.45, 2.75) is 17.2 Å². The molecule has 0 bridgehead atoms. The van der Waals surface area contributed by atoms with Crippen LogP contribution < -0.4 is 15.4 Å². The average Bonchev–Trinajstić information content (AvgIpc) is 2.80. The van der Waals surface area contributed by atoms with Crippen LogP contribution in [0.25, 0.3) is 0 Å². The van der Waals surface area contributed by atoms with Crippen LogP contribution in [0.3, 0.4) is 0 Å². The Balaban J connectivity index is 0.000000604. The molecular weight excluding hydrogens is 556 g/mol. The van der Waals surface area contributed by atoms with Crippen molar-refractivity contribution in [2.75, 3.05) is 17.7 Å². The third kappa shape index (κ3) is 8.76. The number of carbonyl (C=O) groups is 1. The molecule has 37 heavy (non-hydrogen) atoms. The van der Waals surface area contributed by atoms with E-state index in [1.807, 2.05) is 0 Å². The van der Waals surface area contributed by atoms with Crippen LogP contribution in [0.15, 0.2) is 59.8 Å². The molecular formula is C20H16ClF6N5O4S. The zero-order valence-corrected chi connectivity index (χ0v) is 19.9. The highest BCUT2D eigenvalue weighted by Crippen LogP contribution is 2.31. The summed E-state index contributed by atoms with van der Waals surface area (Å²) in [5.74, 6) is -2.16. The average molecular weight is 572 g/mol. The number of anilines is 4. The van der Waals surface area contributed by atoms with Crippen molar-refractivity contribution >= 4 is 50.6 Å². The zero-order valence-electron chi connectivity index (χ0n) is 18.3. The fourth-order valence-electron chi connectivity index (χ4n) is 2.41. The van der Waals surface area contributed by atoms with E-state index in [9.17, 15) is 34.8 Å². The Morgan fingerprint density at radius 2 is 1.46 bits per heavy atom. The molecule has 0 radical (unpaired) electrons. The predicted molar refractivity (Wildman–Crippen MR) is 121 cm³/mol. The lowest BCUT2D eigenvalue weighted by atomic mass is 10.2. The van der Waals surface area contributed by atoms with Crippen molar-refractivity contribution in [2.24, 2.45) is 0 Å². The molecule has 0 fully saturated rings. The summed E-state index contributed by atoms with van der Waals surface area (Å²) in [5, 5.41) is 13.2. The summed E-state index contributed by atoms with van der Waals surface area (Å²) in [6.07, 6.45) is -8.27. The summed E-state index contributed by atoms with van der Waals surface area (Å²) in [7, 11) is -2.37. The van der Waals surface area contributed by atoms with Gasteiger partial charge < -0.3 is 15.7 Å². The first-order valence-corrected chi connectivity index (χ1v) is 11.5. The summed E-state index contributed by atoms with van der Waals surface area (Å²) in [6, 6.07) is 10.1. The summed E-state index contributed by atoms with van der Waals surface area (Å²) in [5.41, 5.74) is -0.0656. The van der Waals surface area contributed by atoms with Crippen LogP contribution in [0, 0.1) is 0 Å². The van der Waals surface area contributed by atoms with Gasteiger partial charge in [0.1, 0.15) is 18.0 Å². The number of hydrogen-bond donors (Lipinski definition) is 4. The van der Waals surface area contributed by atoms with Gasteiger partial charge in [-0.25, -0.2) is 27.9 Å². The fourth-order valence-corrected chi connectivity index (χ4v) is 3.33. The number of nitrogens with one attached hydrogen (secondary N) is 3. The highest BCUT2D eigenvalue weighted by molar-refractivity contribution is 7.89. The fraction of sp³-hybridized carbons (Fsp3) is 0.150. The van der Waals surface area contributed by atoms with E-state index >= 15 is 0 Å². The molecule has 4 N–H and O–H groups in total. The maximum absolute atomic E-state index is 12.7. The maximum Gasteiger partial charge on any atom is 0.490 e. The molecule has 0 unspecified atom stereocenters. The monoisotopic (exact) mass is 571 g/mol. The number of aliphatic carboxylic acids is 1. The molecule has 2 aromatic carbocycles. The van der Waals surface area contributed by atoms with Crippen LogP contribution in [-0.2, 0) is 21.0 Å². The molecule has 200 valence electrons. The summed E-state index contributed by atoms with van der Waals surface area (Å²) >= 11 is 6.13. The lowest BCUT2D eigenvalue weighted by molar-refractivity contribution is -0.192. The lowest BCUT2D eigenvalue weighted by Gasteiger charge is -2.12. The van der Waals surface area contributed by atoms with Crippen LogP contribution in [-0.4, -0.2) is 42.7 Å². The van der Waals surface area contributed by atoms with Crippen molar-refractivity contribution in [3.05, 3.63) is 65.4 Å². The molecule has 3 aromatic rings. The minimum atomic E-state index is -5.08. The third-order valence-electron chi connectivity index (χ3n) is 4.17. The standard InChI is InChI=1S/C18H15ClF3N5O2S.C2HF3O2/c1-23-30(28,29)13-6-7-14(19)15(8-13)27-17-9-16(24-10-25-17)26-12-4-2-11(3-5-12)18(20,21)22;3-2(4,5)1(6)7/h2-10,23H,1H3,(H2,24,25,26,27);(H,6,7). The zero-order chi connectivity index (χ0) is 28.0. The first-order valence-electron chi connectivity index (χ1n) is 9.59. The molecule has 0 atom stereocenters. The second kappa shape index (κ2) is 11.6. The first-order chi connectivity index (χ1) is 17.0. The van der Waals surface area contributed by atoms with Crippen LogP contribution in [0.1, 0.15) is 5.56 Å². The van der Waals surface area contributed by atoms with E-state index in [-0.39, 0.29) is 9.92 Å². The summed E-state index contributed by atoms with van der Waals surface area (Å²) < 4.78 is 95.9. The number of alkyl halides is 6. The molecule has 17 heteroatoms. The van der Waals surface area contributed by atoms with Crippen molar-refractivity contribution in [1.82, 2.24) is 14.7 Å². The molecule has 9 nitrogen and oxygen atoms in total. The minimum absolute atomic E-state index is 0.00839. The number of hydrogen-bond acceptors (Lipinski definition) is 7. The number of benzene rings is 2. The molecule has 0 saturated heterocycles. The van der Waals surface area contributed by atoms with E-state index in [1.54, 1.807) is 0 Å². The molecule has 1 heterocycles. The largest absolute Gasteiger partial charge is 0.490 e. The lowest BCUT2D eigenvalue weighted by Crippen LogP contribution is -2.21. The molecule has 3 rings (SSSR count). The summed E-state index contributed by atoms with van der Waals surface area (Å²) in [4.78, 5) is 17.0.